The number of hydrogen-bond acceptors (Lipinski definition) is 3. The number of hydrogen-bond donors (Lipinski definition) is 1. The van der Waals surface area contributed by atoms with Crippen molar-refractivity contribution in [1.29, 1.82) is 0 Å². The van der Waals surface area contributed by atoms with Crippen molar-refractivity contribution >= 4 is 18.1 Å². The molecule has 0 unspecified atom stereocenters. The van der Waals surface area contributed by atoms with Gasteiger partial charge in [0.15, 0.2) is 11.5 Å². The topological polar surface area (TPSA) is 55.8 Å². The highest BCUT2D eigenvalue weighted by Gasteiger charge is 2.12. The summed E-state index contributed by atoms with van der Waals surface area (Å²) in [5.74, 6) is 0.603. The summed E-state index contributed by atoms with van der Waals surface area (Å²) in [4.78, 5) is 10.6. The fourth-order valence-corrected chi connectivity index (χ4v) is 2.37. The second kappa shape index (κ2) is 6.83. The van der Waals surface area contributed by atoms with Gasteiger partial charge in [0.2, 0.25) is 6.79 Å². The molecule has 2 aromatic rings. The Morgan fingerprint density at radius 1 is 1.04 bits per heavy atom. The zero-order valence-electron chi connectivity index (χ0n) is 12.4. The molecule has 3 rings (SSSR count). The van der Waals surface area contributed by atoms with E-state index < -0.39 is 5.97 Å². The predicted octanol–water partition coefficient (Wildman–Crippen LogP) is 3.77. The first kappa shape index (κ1) is 14.9. The Balaban J connectivity index is 1.72. The molecule has 0 bridgehead atoms. The summed E-state index contributed by atoms with van der Waals surface area (Å²) in [6, 6.07) is 13.6. The van der Waals surface area contributed by atoms with Crippen LogP contribution in [0, 0.1) is 0 Å². The van der Waals surface area contributed by atoms with E-state index in [-0.39, 0.29) is 6.79 Å². The van der Waals surface area contributed by atoms with Crippen LogP contribution in [0.4, 0.5) is 0 Å². The second-order valence-electron chi connectivity index (χ2n) is 5.09. The number of rotatable bonds is 5. The van der Waals surface area contributed by atoms with Gasteiger partial charge in [-0.3, -0.25) is 0 Å². The lowest BCUT2D eigenvalue weighted by atomic mass is 10.0. The quantitative estimate of drug-likeness (QED) is 0.854. The summed E-state index contributed by atoms with van der Waals surface area (Å²) >= 11 is 0. The fraction of sp³-hybridized carbons (Fsp3) is 0.105. The van der Waals surface area contributed by atoms with Crippen LogP contribution in [-0.2, 0) is 11.2 Å². The minimum Gasteiger partial charge on any atom is -0.478 e. The lowest BCUT2D eigenvalue weighted by Gasteiger charge is -2.01. The number of carboxylic acids is 1. The lowest BCUT2D eigenvalue weighted by Crippen LogP contribution is -1.92. The molecule has 1 aliphatic rings. The second-order valence-corrected chi connectivity index (χ2v) is 5.09. The van der Waals surface area contributed by atoms with Gasteiger partial charge in [0.05, 0.1) is 0 Å². The summed E-state index contributed by atoms with van der Waals surface area (Å²) in [7, 11) is 0. The molecule has 0 amide bonds. The van der Waals surface area contributed by atoms with Gasteiger partial charge in [-0.1, -0.05) is 42.5 Å². The van der Waals surface area contributed by atoms with Crippen molar-refractivity contribution < 1.29 is 19.4 Å². The lowest BCUT2D eigenvalue weighted by molar-refractivity contribution is -0.131. The van der Waals surface area contributed by atoms with Crippen LogP contribution in [0.15, 0.2) is 54.6 Å². The molecular formula is C19H16O4. The molecule has 0 fully saturated rings. The largest absolute Gasteiger partial charge is 0.478 e. The molecule has 0 saturated carbocycles. The summed E-state index contributed by atoms with van der Waals surface area (Å²) in [5, 5.41) is 8.74. The third kappa shape index (κ3) is 3.80. The van der Waals surface area contributed by atoms with Crippen LogP contribution in [0.1, 0.15) is 16.7 Å². The SMILES string of the molecule is O=C(O)/C=C/c1ccccc1/C=C/Cc1ccc2c(c1)OCO2. The number of aliphatic carboxylic acids is 1. The van der Waals surface area contributed by atoms with E-state index in [2.05, 4.69) is 0 Å². The zero-order chi connectivity index (χ0) is 16.1. The van der Waals surface area contributed by atoms with Crippen molar-refractivity contribution in [2.24, 2.45) is 0 Å². The number of ether oxygens (including phenoxy) is 2. The highest BCUT2D eigenvalue weighted by molar-refractivity contribution is 5.86. The van der Waals surface area contributed by atoms with E-state index in [0.29, 0.717) is 0 Å². The number of benzene rings is 2. The summed E-state index contributed by atoms with van der Waals surface area (Å²) in [5.41, 5.74) is 2.98. The fourth-order valence-electron chi connectivity index (χ4n) is 2.37. The van der Waals surface area contributed by atoms with Crippen molar-refractivity contribution in [3.8, 4) is 11.5 Å². The van der Waals surface area contributed by atoms with Crippen molar-refractivity contribution in [2.45, 2.75) is 6.42 Å². The summed E-state index contributed by atoms with van der Waals surface area (Å²) < 4.78 is 10.7. The maximum Gasteiger partial charge on any atom is 0.328 e. The van der Waals surface area contributed by atoms with Crippen molar-refractivity contribution in [2.75, 3.05) is 6.79 Å². The number of carbonyl (C=O) groups is 1. The minimum absolute atomic E-state index is 0.276. The van der Waals surface area contributed by atoms with E-state index in [9.17, 15) is 4.79 Å². The van der Waals surface area contributed by atoms with E-state index in [0.717, 1.165) is 40.7 Å². The molecule has 4 nitrogen and oxygen atoms in total. The molecule has 2 aromatic carbocycles. The molecule has 0 spiro atoms. The van der Waals surface area contributed by atoms with E-state index in [1.807, 2.05) is 54.6 Å². The Kier molecular flexibility index (Phi) is 4.43. The van der Waals surface area contributed by atoms with E-state index in [4.69, 9.17) is 14.6 Å². The third-order valence-corrected chi connectivity index (χ3v) is 3.49. The molecule has 0 atom stereocenters. The van der Waals surface area contributed by atoms with E-state index >= 15 is 0 Å². The van der Waals surface area contributed by atoms with Crippen molar-refractivity contribution in [3.63, 3.8) is 0 Å². The smallest absolute Gasteiger partial charge is 0.328 e. The Hall–Kier alpha value is -3.01. The average Bonchev–Trinajstić information content (AvgIpc) is 3.01. The van der Waals surface area contributed by atoms with Crippen LogP contribution >= 0.6 is 0 Å². The number of allylic oxidation sites excluding steroid dienone is 1. The average molecular weight is 308 g/mol. The van der Waals surface area contributed by atoms with Gasteiger partial charge in [0.25, 0.3) is 0 Å². The molecule has 116 valence electrons. The Morgan fingerprint density at radius 2 is 1.78 bits per heavy atom. The van der Waals surface area contributed by atoms with Gasteiger partial charge >= 0.3 is 5.97 Å². The van der Waals surface area contributed by atoms with Gasteiger partial charge in [-0.15, -0.1) is 0 Å². The van der Waals surface area contributed by atoms with E-state index in [1.54, 1.807) is 6.08 Å². The Labute approximate surface area is 134 Å². The van der Waals surface area contributed by atoms with Crippen LogP contribution in [0.25, 0.3) is 12.2 Å². The molecule has 0 aromatic heterocycles. The van der Waals surface area contributed by atoms with Crippen LogP contribution in [0.5, 0.6) is 11.5 Å². The van der Waals surface area contributed by atoms with Gasteiger partial charge < -0.3 is 14.6 Å². The normalized spacial score (nSPS) is 13.0. The van der Waals surface area contributed by atoms with Gasteiger partial charge in [0.1, 0.15) is 0 Å². The maximum absolute atomic E-state index is 10.6. The standard InChI is InChI=1S/C19H16O4/c20-19(21)11-9-16-6-2-1-5-15(16)7-3-4-14-8-10-17-18(12-14)23-13-22-17/h1-3,5-12H,4,13H2,(H,20,21)/b7-3+,11-9+. The first-order valence-corrected chi connectivity index (χ1v) is 7.27. The monoisotopic (exact) mass is 308 g/mol. The van der Waals surface area contributed by atoms with Crippen LogP contribution in [0.2, 0.25) is 0 Å². The molecule has 23 heavy (non-hydrogen) atoms. The molecule has 4 heteroatoms. The highest BCUT2D eigenvalue weighted by Crippen LogP contribution is 2.32. The van der Waals surface area contributed by atoms with Gasteiger partial charge in [-0.25, -0.2) is 4.79 Å². The summed E-state index contributed by atoms with van der Waals surface area (Å²) in [6.45, 7) is 0.276. The van der Waals surface area contributed by atoms with Crippen LogP contribution < -0.4 is 9.47 Å². The van der Waals surface area contributed by atoms with Crippen molar-refractivity contribution in [1.82, 2.24) is 0 Å². The van der Waals surface area contributed by atoms with Gasteiger partial charge in [-0.2, -0.15) is 0 Å². The maximum atomic E-state index is 10.6. The molecule has 1 heterocycles. The van der Waals surface area contributed by atoms with Crippen LogP contribution in [0.3, 0.4) is 0 Å². The van der Waals surface area contributed by atoms with Gasteiger partial charge in [-0.05, 0) is 41.3 Å². The molecule has 0 saturated heterocycles. The number of carboxylic acid groups (broad SMARTS) is 1. The molecule has 1 aliphatic heterocycles. The third-order valence-electron chi connectivity index (χ3n) is 3.49. The van der Waals surface area contributed by atoms with Gasteiger partial charge in [0, 0.05) is 6.08 Å². The Morgan fingerprint density at radius 3 is 2.57 bits per heavy atom. The predicted molar refractivity (Wildman–Crippen MR) is 88.4 cm³/mol. The first-order valence-electron chi connectivity index (χ1n) is 7.27. The summed E-state index contributed by atoms with van der Waals surface area (Å²) in [6.07, 6.45) is 7.54. The first-order chi connectivity index (χ1) is 11.2. The number of fused-ring (bicyclic) bond motifs is 1. The molecular weight excluding hydrogens is 292 g/mol. The minimum atomic E-state index is -0.954. The Bertz CT molecular complexity index is 775. The van der Waals surface area contributed by atoms with Crippen LogP contribution in [-0.4, -0.2) is 17.9 Å². The molecule has 0 radical (unpaired) electrons. The molecule has 0 aliphatic carbocycles. The van der Waals surface area contributed by atoms with E-state index in [1.165, 1.54) is 0 Å². The molecule has 1 N–H and O–H groups in total. The van der Waals surface area contributed by atoms with Crippen molar-refractivity contribution in [3.05, 3.63) is 71.3 Å². The highest BCUT2D eigenvalue weighted by atomic mass is 16.7. The zero-order valence-corrected chi connectivity index (χ0v) is 12.4.